The minimum absolute atomic E-state index is 0.169. The maximum Gasteiger partial charge on any atom is 0.163 e. The van der Waals surface area contributed by atoms with Gasteiger partial charge in [0.25, 0.3) is 0 Å². The van der Waals surface area contributed by atoms with Crippen molar-refractivity contribution in [3.05, 3.63) is 23.3 Å². The Morgan fingerprint density at radius 1 is 1.29 bits per heavy atom. The Kier molecular flexibility index (Phi) is 3.33. The summed E-state index contributed by atoms with van der Waals surface area (Å²) in [5.74, 6) is -0.412. The van der Waals surface area contributed by atoms with E-state index in [-0.39, 0.29) is 11.5 Å². The molecule has 1 atom stereocenters. The van der Waals surface area contributed by atoms with E-state index in [0.717, 1.165) is 0 Å². The highest BCUT2D eigenvalue weighted by molar-refractivity contribution is 5.50. The van der Waals surface area contributed by atoms with Gasteiger partial charge in [-0.05, 0) is 19.5 Å². The fraction of sp³-hybridized carbons (Fsp3) is 0.400. The summed E-state index contributed by atoms with van der Waals surface area (Å²) in [4.78, 5) is 0. The SMILES string of the molecule is CNCC(O)c1ccc(C)c(O)c1O. The molecule has 0 radical (unpaired) electrons. The lowest BCUT2D eigenvalue weighted by molar-refractivity contribution is 0.173. The molecule has 1 aromatic rings. The summed E-state index contributed by atoms with van der Waals surface area (Å²) in [7, 11) is 1.70. The van der Waals surface area contributed by atoms with Crippen molar-refractivity contribution in [3.63, 3.8) is 0 Å². The third-order valence-electron chi connectivity index (χ3n) is 2.14. The molecule has 0 heterocycles. The number of likely N-dealkylation sites (N-methyl/N-ethyl adjacent to an activating group) is 1. The predicted octanol–water partition coefficient (Wildman–Crippen LogP) is 0.659. The molecule has 1 rings (SSSR count). The third kappa shape index (κ3) is 1.97. The van der Waals surface area contributed by atoms with Gasteiger partial charge in [0.05, 0.1) is 6.10 Å². The highest BCUT2D eigenvalue weighted by Crippen LogP contribution is 2.35. The molecule has 0 amide bonds. The smallest absolute Gasteiger partial charge is 0.163 e. The molecule has 0 aliphatic carbocycles. The van der Waals surface area contributed by atoms with E-state index in [1.807, 2.05) is 0 Å². The number of phenols is 2. The molecule has 14 heavy (non-hydrogen) atoms. The van der Waals surface area contributed by atoms with Gasteiger partial charge < -0.3 is 20.6 Å². The molecule has 4 N–H and O–H groups in total. The lowest BCUT2D eigenvalue weighted by Gasteiger charge is -2.13. The van der Waals surface area contributed by atoms with E-state index in [1.54, 1.807) is 26.1 Å². The molecule has 0 aliphatic rings. The second kappa shape index (κ2) is 4.30. The molecule has 0 saturated carbocycles. The summed E-state index contributed by atoms with van der Waals surface area (Å²) in [5, 5.41) is 31.3. The minimum atomic E-state index is -0.813. The molecule has 0 aliphatic heterocycles. The molecule has 4 nitrogen and oxygen atoms in total. The highest BCUT2D eigenvalue weighted by Gasteiger charge is 2.15. The number of phenolic OH excluding ortho intramolecular Hbond substituents is 2. The van der Waals surface area contributed by atoms with Gasteiger partial charge in [-0.25, -0.2) is 0 Å². The van der Waals surface area contributed by atoms with E-state index in [0.29, 0.717) is 17.7 Å². The number of rotatable bonds is 3. The van der Waals surface area contributed by atoms with E-state index < -0.39 is 6.10 Å². The predicted molar refractivity (Wildman–Crippen MR) is 53.4 cm³/mol. The van der Waals surface area contributed by atoms with E-state index in [4.69, 9.17) is 0 Å². The average molecular weight is 197 g/mol. The van der Waals surface area contributed by atoms with Gasteiger partial charge >= 0.3 is 0 Å². The fourth-order valence-electron chi connectivity index (χ4n) is 1.27. The monoisotopic (exact) mass is 197 g/mol. The molecule has 0 fully saturated rings. The number of aryl methyl sites for hydroxylation is 1. The molecule has 1 aromatic carbocycles. The second-order valence-corrected chi connectivity index (χ2v) is 3.24. The number of nitrogens with one attached hydrogen (secondary N) is 1. The van der Waals surface area contributed by atoms with Crippen LogP contribution in [-0.2, 0) is 0 Å². The molecular weight excluding hydrogens is 182 g/mol. The summed E-state index contributed by atoms with van der Waals surface area (Å²) < 4.78 is 0. The standard InChI is InChI=1S/C10H15NO3/c1-6-3-4-7(8(12)5-11-2)10(14)9(6)13/h3-4,8,11-14H,5H2,1-2H3. The lowest BCUT2D eigenvalue weighted by atomic mass is 10.0. The number of aromatic hydroxyl groups is 2. The van der Waals surface area contributed by atoms with Gasteiger partial charge in [-0.15, -0.1) is 0 Å². The molecule has 0 saturated heterocycles. The van der Waals surface area contributed by atoms with Crippen molar-refractivity contribution in [2.24, 2.45) is 0 Å². The first kappa shape index (κ1) is 10.8. The van der Waals surface area contributed by atoms with Crippen molar-refractivity contribution in [1.29, 1.82) is 0 Å². The van der Waals surface area contributed by atoms with Crippen LogP contribution < -0.4 is 5.32 Å². The molecular formula is C10H15NO3. The summed E-state index contributed by atoms with van der Waals surface area (Å²) in [6, 6.07) is 3.26. The maximum atomic E-state index is 9.58. The van der Waals surface area contributed by atoms with Gasteiger partial charge in [0, 0.05) is 12.1 Å². The largest absolute Gasteiger partial charge is 0.504 e. The lowest BCUT2D eigenvalue weighted by Crippen LogP contribution is -2.16. The van der Waals surface area contributed by atoms with Gasteiger partial charge in [0.15, 0.2) is 11.5 Å². The van der Waals surface area contributed by atoms with Crippen LogP contribution in [0.2, 0.25) is 0 Å². The van der Waals surface area contributed by atoms with E-state index in [9.17, 15) is 15.3 Å². The fourth-order valence-corrected chi connectivity index (χ4v) is 1.27. The Labute approximate surface area is 82.8 Å². The Balaban J connectivity index is 3.04. The Morgan fingerprint density at radius 2 is 1.93 bits per heavy atom. The first-order valence-electron chi connectivity index (χ1n) is 4.42. The molecule has 1 unspecified atom stereocenters. The number of benzene rings is 1. The number of aliphatic hydroxyl groups is 1. The van der Waals surface area contributed by atoms with Crippen LogP contribution in [0.3, 0.4) is 0 Å². The Hall–Kier alpha value is -1.26. The number of hydrogen-bond acceptors (Lipinski definition) is 4. The summed E-state index contributed by atoms with van der Waals surface area (Å²) in [6.45, 7) is 2.01. The van der Waals surface area contributed by atoms with Crippen LogP contribution >= 0.6 is 0 Å². The van der Waals surface area contributed by atoms with Crippen LogP contribution in [0, 0.1) is 6.92 Å². The summed E-state index contributed by atoms with van der Waals surface area (Å²) in [6.07, 6.45) is -0.813. The van der Waals surface area contributed by atoms with Gasteiger partial charge in [-0.1, -0.05) is 12.1 Å². The number of aliphatic hydroxyl groups excluding tert-OH is 1. The van der Waals surface area contributed by atoms with Crippen molar-refractivity contribution in [2.45, 2.75) is 13.0 Å². The van der Waals surface area contributed by atoms with Crippen LogP contribution in [0.4, 0.5) is 0 Å². The average Bonchev–Trinajstić information content (AvgIpc) is 2.15. The van der Waals surface area contributed by atoms with E-state index in [2.05, 4.69) is 5.32 Å². The molecule has 0 spiro atoms. The van der Waals surface area contributed by atoms with E-state index >= 15 is 0 Å². The molecule has 0 aromatic heterocycles. The third-order valence-corrected chi connectivity index (χ3v) is 2.14. The van der Waals surface area contributed by atoms with Crippen LogP contribution in [0.15, 0.2) is 12.1 Å². The normalized spacial score (nSPS) is 12.8. The molecule has 0 bridgehead atoms. The van der Waals surface area contributed by atoms with Gasteiger partial charge in [0.1, 0.15) is 0 Å². The van der Waals surface area contributed by atoms with Crippen LogP contribution in [0.5, 0.6) is 11.5 Å². The van der Waals surface area contributed by atoms with Crippen molar-refractivity contribution in [3.8, 4) is 11.5 Å². The minimum Gasteiger partial charge on any atom is -0.504 e. The van der Waals surface area contributed by atoms with Crippen molar-refractivity contribution in [2.75, 3.05) is 13.6 Å². The van der Waals surface area contributed by atoms with Crippen LogP contribution in [0.1, 0.15) is 17.2 Å². The quantitative estimate of drug-likeness (QED) is 0.537. The Bertz CT molecular complexity index is 325. The number of hydrogen-bond donors (Lipinski definition) is 4. The molecule has 78 valence electrons. The highest BCUT2D eigenvalue weighted by atomic mass is 16.3. The second-order valence-electron chi connectivity index (χ2n) is 3.24. The summed E-state index contributed by atoms with van der Waals surface area (Å²) >= 11 is 0. The summed E-state index contributed by atoms with van der Waals surface area (Å²) in [5.41, 5.74) is 0.922. The van der Waals surface area contributed by atoms with Gasteiger partial charge in [-0.3, -0.25) is 0 Å². The van der Waals surface area contributed by atoms with Crippen molar-refractivity contribution >= 4 is 0 Å². The topological polar surface area (TPSA) is 72.7 Å². The molecule has 4 heteroatoms. The maximum absolute atomic E-state index is 9.58. The first-order chi connectivity index (χ1) is 6.57. The van der Waals surface area contributed by atoms with Crippen LogP contribution in [0.25, 0.3) is 0 Å². The van der Waals surface area contributed by atoms with Crippen LogP contribution in [-0.4, -0.2) is 28.9 Å². The zero-order valence-electron chi connectivity index (χ0n) is 8.28. The van der Waals surface area contributed by atoms with Gasteiger partial charge in [-0.2, -0.15) is 0 Å². The van der Waals surface area contributed by atoms with E-state index in [1.165, 1.54) is 0 Å². The first-order valence-corrected chi connectivity index (χ1v) is 4.42. The Morgan fingerprint density at radius 3 is 2.50 bits per heavy atom. The zero-order chi connectivity index (χ0) is 10.7. The van der Waals surface area contributed by atoms with Crippen molar-refractivity contribution in [1.82, 2.24) is 5.32 Å². The van der Waals surface area contributed by atoms with Crippen molar-refractivity contribution < 1.29 is 15.3 Å². The zero-order valence-corrected chi connectivity index (χ0v) is 8.28. The van der Waals surface area contributed by atoms with Gasteiger partial charge in [0.2, 0.25) is 0 Å².